The fourth-order valence-electron chi connectivity index (χ4n) is 3.21. The molecule has 123 valence electrons. The molecule has 0 aromatic carbocycles. The summed E-state index contributed by atoms with van der Waals surface area (Å²) in [4.78, 5) is 4.94. The monoisotopic (exact) mass is 306 g/mol. The maximum absolute atomic E-state index is 6.04. The molecule has 2 atom stereocenters. The molecule has 2 fully saturated rings. The van der Waals surface area contributed by atoms with Crippen LogP contribution >= 0.6 is 0 Å². The van der Waals surface area contributed by atoms with E-state index in [4.69, 9.17) is 9.47 Å². The minimum absolute atomic E-state index is 0.0626. The Bertz CT molecular complexity index is 416. The van der Waals surface area contributed by atoms with Gasteiger partial charge in [0.1, 0.15) is 12.0 Å². The van der Waals surface area contributed by atoms with Crippen LogP contribution in [0, 0.1) is 6.08 Å². The van der Waals surface area contributed by atoms with Gasteiger partial charge in [-0.15, -0.1) is 0 Å². The third-order valence-electron chi connectivity index (χ3n) is 4.57. The molecule has 0 aliphatic carbocycles. The molecule has 0 bridgehead atoms. The molecule has 5 nitrogen and oxygen atoms in total. The van der Waals surface area contributed by atoms with E-state index in [1.54, 1.807) is 0 Å². The van der Waals surface area contributed by atoms with E-state index in [-0.39, 0.29) is 12.3 Å². The van der Waals surface area contributed by atoms with Crippen LogP contribution in [0.4, 0.5) is 0 Å². The van der Waals surface area contributed by atoms with Crippen molar-refractivity contribution in [2.45, 2.75) is 45.1 Å². The lowest BCUT2D eigenvalue weighted by atomic mass is 10.3. The van der Waals surface area contributed by atoms with E-state index in [0.29, 0.717) is 12.6 Å². The van der Waals surface area contributed by atoms with E-state index in [9.17, 15) is 0 Å². The van der Waals surface area contributed by atoms with Crippen molar-refractivity contribution in [1.29, 1.82) is 0 Å². The summed E-state index contributed by atoms with van der Waals surface area (Å²) in [6, 6.07) is 0.621. The second-order valence-electron chi connectivity index (χ2n) is 6.51. The normalized spacial score (nSPS) is 30.3. The van der Waals surface area contributed by atoms with Crippen LogP contribution in [-0.4, -0.2) is 67.6 Å². The molecule has 1 radical (unpaired) electrons. The van der Waals surface area contributed by atoms with Gasteiger partial charge in [-0.05, 0) is 32.8 Å². The van der Waals surface area contributed by atoms with Crippen molar-refractivity contribution in [1.82, 2.24) is 15.1 Å². The standard InChI is InChI=1S/C17H28N3O2/c1-14(2)19-8-4-9-20(11-10-19)16-5-3-6-17(18-16)22-15-7-12-21-13-15/h3,6,14-15,17-18H,4,7-13H2,1-2H3. The number of allylic oxidation sites excluding steroid dienone is 2. The lowest BCUT2D eigenvalue weighted by Gasteiger charge is -2.32. The predicted molar refractivity (Wildman–Crippen MR) is 86.0 cm³/mol. The van der Waals surface area contributed by atoms with Crippen molar-refractivity contribution in [2.75, 3.05) is 39.4 Å². The second kappa shape index (κ2) is 7.49. The van der Waals surface area contributed by atoms with Gasteiger partial charge in [0.05, 0.1) is 12.7 Å². The number of dihydropyridines is 1. The highest BCUT2D eigenvalue weighted by atomic mass is 16.6. The topological polar surface area (TPSA) is 37.0 Å². The van der Waals surface area contributed by atoms with Gasteiger partial charge in [0, 0.05) is 44.9 Å². The molecular weight excluding hydrogens is 278 g/mol. The van der Waals surface area contributed by atoms with E-state index < -0.39 is 0 Å². The molecule has 5 heteroatoms. The summed E-state index contributed by atoms with van der Waals surface area (Å²) >= 11 is 0. The quantitative estimate of drug-likeness (QED) is 0.848. The molecule has 0 aromatic heterocycles. The Morgan fingerprint density at radius 1 is 1.32 bits per heavy atom. The smallest absolute Gasteiger partial charge is 0.148 e. The Morgan fingerprint density at radius 2 is 2.23 bits per heavy atom. The van der Waals surface area contributed by atoms with Crippen molar-refractivity contribution in [3.8, 4) is 0 Å². The van der Waals surface area contributed by atoms with Gasteiger partial charge in [-0.2, -0.15) is 0 Å². The fourth-order valence-corrected chi connectivity index (χ4v) is 3.21. The summed E-state index contributed by atoms with van der Waals surface area (Å²) in [5, 5.41) is 3.47. The van der Waals surface area contributed by atoms with Gasteiger partial charge in [-0.1, -0.05) is 6.08 Å². The van der Waals surface area contributed by atoms with Gasteiger partial charge in [0.15, 0.2) is 0 Å². The maximum atomic E-state index is 6.04. The fraction of sp³-hybridized carbons (Fsp3) is 0.765. The molecule has 2 saturated heterocycles. The third-order valence-corrected chi connectivity index (χ3v) is 4.57. The van der Waals surface area contributed by atoms with Crippen molar-refractivity contribution in [3.63, 3.8) is 0 Å². The zero-order valence-corrected chi connectivity index (χ0v) is 13.8. The predicted octanol–water partition coefficient (Wildman–Crippen LogP) is 1.34. The van der Waals surface area contributed by atoms with E-state index in [0.717, 1.165) is 38.5 Å². The minimum Gasteiger partial charge on any atom is -0.379 e. The highest BCUT2D eigenvalue weighted by Gasteiger charge is 2.24. The van der Waals surface area contributed by atoms with Crippen molar-refractivity contribution in [3.05, 3.63) is 24.0 Å². The van der Waals surface area contributed by atoms with Crippen LogP contribution < -0.4 is 5.32 Å². The lowest BCUT2D eigenvalue weighted by molar-refractivity contribution is -0.00814. The lowest BCUT2D eigenvalue weighted by Crippen LogP contribution is -2.43. The van der Waals surface area contributed by atoms with Crippen molar-refractivity contribution in [2.24, 2.45) is 0 Å². The van der Waals surface area contributed by atoms with Gasteiger partial charge in [0.25, 0.3) is 0 Å². The first-order chi connectivity index (χ1) is 10.7. The molecule has 0 aromatic rings. The van der Waals surface area contributed by atoms with Gasteiger partial charge in [0.2, 0.25) is 0 Å². The van der Waals surface area contributed by atoms with Crippen LogP contribution in [0.1, 0.15) is 26.7 Å². The zero-order chi connectivity index (χ0) is 15.4. The van der Waals surface area contributed by atoms with Crippen LogP contribution in [-0.2, 0) is 9.47 Å². The molecule has 22 heavy (non-hydrogen) atoms. The summed E-state index contributed by atoms with van der Waals surface area (Å²) in [5.74, 6) is 1.07. The van der Waals surface area contributed by atoms with Crippen molar-refractivity contribution < 1.29 is 9.47 Å². The number of ether oxygens (including phenoxy) is 2. The number of hydrogen-bond acceptors (Lipinski definition) is 5. The Balaban J connectivity index is 1.53. The van der Waals surface area contributed by atoms with E-state index in [1.165, 1.54) is 13.0 Å². The van der Waals surface area contributed by atoms with Gasteiger partial charge >= 0.3 is 0 Å². The zero-order valence-electron chi connectivity index (χ0n) is 13.8. The van der Waals surface area contributed by atoms with E-state index in [2.05, 4.69) is 35.0 Å². The van der Waals surface area contributed by atoms with Gasteiger partial charge in [-0.3, -0.25) is 4.90 Å². The van der Waals surface area contributed by atoms with Crippen LogP contribution in [0.5, 0.6) is 0 Å². The number of nitrogens with zero attached hydrogens (tertiary/aromatic N) is 2. The van der Waals surface area contributed by atoms with Crippen LogP contribution in [0.3, 0.4) is 0 Å². The highest BCUT2D eigenvalue weighted by molar-refractivity contribution is 5.13. The maximum Gasteiger partial charge on any atom is 0.148 e. The molecule has 3 heterocycles. The molecule has 2 unspecified atom stereocenters. The Hall–Kier alpha value is -1.04. The van der Waals surface area contributed by atoms with Crippen molar-refractivity contribution >= 4 is 0 Å². The summed E-state index contributed by atoms with van der Waals surface area (Å²) < 4.78 is 11.4. The molecule has 1 N–H and O–H groups in total. The Kier molecular flexibility index (Phi) is 5.39. The average Bonchev–Trinajstić information content (AvgIpc) is 2.88. The molecule has 3 aliphatic heterocycles. The number of rotatable bonds is 4. The first kappa shape index (κ1) is 15.8. The number of hydrogen-bond donors (Lipinski definition) is 1. The van der Waals surface area contributed by atoms with E-state index >= 15 is 0 Å². The Labute approximate surface area is 133 Å². The largest absolute Gasteiger partial charge is 0.379 e. The highest BCUT2D eigenvalue weighted by Crippen LogP contribution is 2.16. The summed E-state index contributed by atoms with van der Waals surface area (Å²) in [6.07, 6.45) is 9.67. The molecular formula is C17H28N3O2. The molecule has 3 aliphatic rings. The first-order valence-electron chi connectivity index (χ1n) is 8.51. The summed E-state index contributed by atoms with van der Waals surface area (Å²) in [6.45, 7) is 10.5. The molecule has 0 saturated carbocycles. The van der Waals surface area contributed by atoms with Crippen LogP contribution in [0.25, 0.3) is 0 Å². The summed E-state index contributed by atoms with van der Waals surface area (Å²) in [5.41, 5.74) is 0. The van der Waals surface area contributed by atoms with E-state index in [1.807, 2.05) is 12.2 Å². The SMILES string of the molecule is CC(C)N1CCCN(C2=[C]C=CC(OC3CCOC3)N2)CC1. The first-order valence-corrected chi connectivity index (χ1v) is 8.51. The average molecular weight is 306 g/mol. The molecule has 3 rings (SSSR count). The third kappa shape index (κ3) is 4.03. The molecule has 0 spiro atoms. The summed E-state index contributed by atoms with van der Waals surface area (Å²) in [7, 11) is 0. The van der Waals surface area contributed by atoms with Crippen LogP contribution in [0.15, 0.2) is 18.0 Å². The molecule has 0 amide bonds. The Morgan fingerprint density at radius 3 is 3.00 bits per heavy atom. The number of nitrogens with one attached hydrogen (secondary N) is 1. The second-order valence-corrected chi connectivity index (χ2v) is 6.51. The van der Waals surface area contributed by atoms with Crippen LogP contribution in [0.2, 0.25) is 0 Å². The van der Waals surface area contributed by atoms with Gasteiger partial charge in [-0.25, -0.2) is 0 Å². The van der Waals surface area contributed by atoms with Gasteiger partial charge < -0.3 is 19.7 Å². The minimum atomic E-state index is -0.0626.